The number of hydrogen-bond acceptors (Lipinski definition) is 2. The number of nitrogens with one attached hydrogen (secondary N) is 2. The van der Waals surface area contributed by atoms with Gasteiger partial charge < -0.3 is 10.6 Å². The van der Waals surface area contributed by atoms with Gasteiger partial charge in [0.05, 0.1) is 10.7 Å². The van der Waals surface area contributed by atoms with Crippen molar-refractivity contribution in [1.29, 1.82) is 0 Å². The quantitative estimate of drug-likeness (QED) is 0.886. The van der Waals surface area contributed by atoms with E-state index in [2.05, 4.69) is 10.6 Å². The third kappa shape index (κ3) is 4.35. The van der Waals surface area contributed by atoms with E-state index >= 15 is 0 Å². The number of carbonyl (C=O) groups excluding carboxylic acids is 2. The van der Waals surface area contributed by atoms with E-state index in [4.69, 9.17) is 23.2 Å². The van der Waals surface area contributed by atoms with Crippen molar-refractivity contribution in [2.24, 2.45) is 5.92 Å². The molecule has 0 aliphatic heterocycles. The molecule has 0 bridgehead atoms. The fourth-order valence-corrected chi connectivity index (χ4v) is 3.16. The predicted molar refractivity (Wildman–Crippen MR) is 84.7 cm³/mol. The van der Waals surface area contributed by atoms with Crippen molar-refractivity contribution in [3.8, 4) is 0 Å². The number of amides is 2. The lowest BCUT2D eigenvalue weighted by molar-refractivity contribution is -0.126. The van der Waals surface area contributed by atoms with Crippen LogP contribution in [0.25, 0.3) is 0 Å². The molecule has 0 radical (unpaired) electrons. The second-order valence-corrected chi connectivity index (χ2v) is 6.18. The zero-order valence-electron chi connectivity index (χ0n) is 11.8. The Morgan fingerprint density at radius 3 is 2.48 bits per heavy atom. The zero-order chi connectivity index (χ0) is 15.4. The fraction of sp³-hybridized carbons (Fsp3) is 0.467. The summed E-state index contributed by atoms with van der Waals surface area (Å²) in [5.74, 6) is -0.259. The maximum atomic E-state index is 12.5. The molecule has 0 spiro atoms. The minimum absolute atomic E-state index is 0.181. The van der Waals surface area contributed by atoms with E-state index in [1.807, 2.05) is 0 Å². The van der Waals surface area contributed by atoms with Gasteiger partial charge in [-0.25, -0.2) is 0 Å². The maximum Gasteiger partial charge on any atom is 0.247 e. The molecule has 1 aliphatic carbocycles. The largest absolute Gasteiger partial charge is 0.344 e. The van der Waals surface area contributed by atoms with Crippen LogP contribution < -0.4 is 10.6 Å². The van der Waals surface area contributed by atoms with E-state index in [0.717, 1.165) is 25.7 Å². The Morgan fingerprint density at radius 1 is 1.24 bits per heavy atom. The Kier molecular flexibility index (Phi) is 5.48. The van der Waals surface area contributed by atoms with Gasteiger partial charge in [0.2, 0.25) is 11.8 Å². The first-order chi connectivity index (χ1) is 9.97. The van der Waals surface area contributed by atoms with Crippen LogP contribution in [-0.2, 0) is 9.59 Å². The summed E-state index contributed by atoms with van der Waals surface area (Å²) >= 11 is 11.9. The molecule has 1 unspecified atom stereocenters. The molecule has 0 heterocycles. The molecule has 1 aromatic carbocycles. The molecule has 2 N–H and O–H groups in total. The minimum Gasteiger partial charge on any atom is -0.344 e. The Morgan fingerprint density at radius 2 is 1.90 bits per heavy atom. The van der Waals surface area contributed by atoms with Gasteiger partial charge in [-0.3, -0.25) is 9.59 Å². The van der Waals surface area contributed by atoms with Gasteiger partial charge in [-0.15, -0.1) is 0 Å². The van der Waals surface area contributed by atoms with Crippen LogP contribution in [0.3, 0.4) is 0 Å². The molecular formula is C15H18Cl2N2O2. The van der Waals surface area contributed by atoms with E-state index < -0.39 is 6.04 Å². The highest BCUT2D eigenvalue weighted by molar-refractivity contribution is 6.36. The monoisotopic (exact) mass is 328 g/mol. The van der Waals surface area contributed by atoms with Crippen LogP contribution in [0.4, 0.5) is 5.69 Å². The summed E-state index contributed by atoms with van der Waals surface area (Å²) in [5.41, 5.74) is 0.499. The molecule has 21 heavy (non-hydrogen) atoms. The summed E-state index contributed by atoms with van der Waals surface area (Å²) in [4.78, 5) is 23.8. The second-order valence-electron chi connectivity index (χ2n) is 5.34. The van der Waals surface area contributed by atoms with Gasteiger partial charge in [0.15, 0.2) is 0 Å². The van der Waals surface area contributed by atoms with Gasteiger partial charge in [0.1, 0.15) is 6.04 Å². The molecule has 4 nitrogen and oxygen atoms in total. The second kappa shape index (κ2) is 7.14. The molecule has 1 fully saturated rings. The van der Waals surface area contributed by atoms with Crippen LogP contribution in [0, 0.1) is 5.92 Å². The average Bonchev–Trinajstić information content (AvgIpc) is 2.92. The van der Waals surface area contributed by atoms with E-state index in [1.54, 1.807) is 18.2 Å². The third-order valence-electron chi connectivity index (χ3n) is 3.70. The Labute approximate surface area is 134 Å². The molecule has 2 amide bonds. The minimum atomic E-state index is -0.517. The molecular weight excluding hydrogens is 311 g/mol. The molecule has 0 aromatic heterocycles. The Hall–Kier alpha value is -1.26. The van der Waals surface area contributed by atoms with Gasteiger partial charge in [-0.2, -0.15) is 0 Å². The predicted octanol–water partition coefficient (Wildman–Crippen LogP) is 3.63. The highest BCUT2D eigenvalue weighted by Gasteiger charge is 2.31. The van der Waals surface area contributed by atoms with Crippen molar-refractivity contribution in [2.75, 3.05) is 5.32 Å². The summed E-state index contributed by atoms with van der Waals surface area (Å²) in [5, 5.41) is 6.41. The molecule has 0 saturated heterocycles. The lowest BCUT2D eigenvalue weighted by atomic mass is 9.97. The van der Waals surface area contributed by atoms with Crippen LogP contribution in [0.2, 0.25) is 10.0 Å². The molecule has 1 aliphatic rings. The standard InChI is InChI=1S/C15H18Cl2N2O2/c1-9(20)18-14(10-4-2-3-5-10)15(21)19-13-7-6-11(16)8-12(13)17/h6-8,10,14H,2-5H2,1H3,(H,18,20)(H,19,21). The van der Waals surface area contributed by atoms with Crippen molar-refractivity contribution in [3.05, 3.63) is 28.2 Å². The van der Waals surface area contributed by atoms with Crippen molar-refractivity contribution in [2.45, 2.75) is 38.6 Å². The number of anilines is 1. The zero-order valence-corrected chi connectivity index (χ0v) is 13.3. The van der Waals surface area contributed by atoms with Crippen LogP contribution in [0.1, 0.15) is 32.6 Å². The lowest BCUT2D eigenvalue weighted by Gasteiger charge is -2.23. The highest BCUT2D eigenvalue weighted by Crippen LogP contribution is 2.30. The summed E-state index contributed by atoms with van der Waals surface area (Å²) in [6.07, 6.45) is 4.09. The van der Waals surface area contributed by atoms with Crippen LogP contribution in [0.5, 0.6) is 0 Å². The molecule has 1 saturated carbocycles. The molecule has 114 valence electrons. The topological polar surface area (TPSA) is 58.2 Å². The number of rotatable bonds is 4. The van der Waals surface area contributed by atoms with E-state index in [9.17, 15) is 9.59 Å². The summed E-state index contributed by atoms with van der Waals surface area (Å²) < 4.78 is 0. The SMILES string of the molecule is CC(=O)NC(C(=O)Nc1ccc(Cl)cc1Cl)C1CCCC1. The van der Waals surface area contributed by atoms with E-state index in [0.29, 0.717) is 15.7 Å². The fourth-order valence-electron chi connectivity index (χ4n) is 2.71. The van der Waals surface area contributed by atoms with Crippen molar-refractivity contribution >= 4 is 40.7 Å². The van der Waals surface area contributed by atoms with Crippen LogP contribution in [-0.4, -0.2) is 17.9 Å². The summed E-state index contributed by atoms with van der Waals surface area (Å²) in [6.45, 7) is 1.42. The summed E-state index contributed by atoms with van der Waals surface area (Å²) in [7, 11) is 0. The average molecular weight is 329 g/mol. The Bertz CT molecular complexity index is 542. The van der Waals surface area contributed by atoms with Crippen LogP contribution >= 0.6 is 23.2 Å². The normalized spacial score (nSPS) is 16.5. The van der Waals surface area contributed by atoms with Gasteiger partial charge in [-0.05, 0) is 37.0 Å². The maximum absolute atomic E-state index is 12.5. The van der Waals surface area contributed by atoms with Crippen LogP contribution in [0.15, 0.2) is 18.2 Å². The summed E-state index contributed by atoms with van der Waals surface area (Å²) in [6, 6.07) is 4.37. The number of halogens is 2. The first kappa shape index (κ1) is 16.1. The van der Waals surface area contributed by atoms with Gasteiger partial charge in [0, 0.05) is 11.9 Å². The van der Waals surface area contributed by atoms with E-state index in [1.165, 1.54) is 6.92 Å². The van der Waals surface area contributed by atoms with Crippen molar-refractivity contribution in [1.82, 2.24) is 5.32 Å². The molecule has 1 aromatic rings. The Balaban J connectivity index is 2.11. The number of hydrogen-bond donors (Lipinski definition) is 2. The molecule has 1 atom stereocenters. The molecule has 2 rings (SSSR count). The highest BCUT2D eigenvalue weighted by atomic mass is 35.5. The lowest BCUT2D eigenvalue weighted by Crippen LogP contribution is -2.47. The van der Waals surface area contributed by atoms with Crippen molar-refractivity contribution in [3.63, 3.8) is 0 Å². The first-order valence-electron chi connectivity index (χ1n) is 7.00. The van der Waals surface area contributed by atoms with Gasteiger partial charge in [0.25, 0.3) is 0 Å². The van der Waals surface area contributed by atoms with Gasteiger partial charge in [-0.1, -0.05) is 36.0 Å². The first-order valence-corrected chi connectivity index (χ1v) is 7.76. The van der Waals surface area contributed by atoms with E-state index in [-0.39, 0.29) is 17.7 Å². The molecule has 6 heteroatoms. The smallest absolute Gasteiger partial charge is 0.247 e. The van der Waals surface area contributed by atoms with Crippen molar-refractivity contribution < 1.29 is 9.59 Å². The third-order valence-corrected chi connectivity index (χ3v) is 4.25. The van der Waals surface area contributed by atoms with Gasteiger partial charge >= 0.3 is 0 Å². The number of carbonyl (C=O) groups is 2. The number of benzene rings is 1.